The number of nitrogens with zero attached hydrogens (tertiary/aromatic N) is 3. The van der Waals surface area contributed by atoms with Gasteiger partial charge in [0.1, 0.15) is 5.84 Å². The van der Waals surface area contributed by atoms with Gasteiger partial charge in [0.2, 0.25) is 0 Å². The molecule has 22 heavy (non-hydrogen) atoms. The molecule has 0 bridgehead atoms. The van der Waals surface area contributed by atoms with Crippen LogP contribution in [0.2, 0.25) is 0 Å². The maximum atomic E-state index is 11.6. The van der Waals surface area contributed by atoms with E-state index in [1.807, 2.05) is 4.90 Å². The Balaban J connectivity index is 1.53. The van der Waals surface area contributed by atoms with Crippen LogP contribution < -0.4 is 0 Å². The van der Waals surface area contributed by atoms with E-state index in [2.05, 4.69) is 9.89 Å². The van der Waals surface area contributed by atoms with Gasteiger partial charge in [0.05, 0.1) is 26.6 Å². The summed E-state index contributed by atoms with van der Waals surface area (Å²) in [6.07, 6.45) is 0.136. The number of oxime groups is 1. The molecule has 3 rings (SSSR count). The molecule has 0 aliphatic carbocycles. The smallest absolute Gasteiger partial charge is 0.407 e. The summed E-state index contributed by atoms with van der Waals surface area (Å²) in [5.74, 6) is 0.140. The van der Waals surface area contributed by atoms with Crippen molar-refractivity contribution in [1.29, 1.82) is 0 Å². The summed E-state index contributed by atoms with van der Waals surface area (Å²) < 4.78 is 4.62. The minimum atomic E-state index is -1.43. The monoisotopic (exact) mass is 313 g/mol. The van der Waals surface area contributed by atoms with Gasteiger partial charge in [-0.25, -0.2) is 9.59 Å². The molecular formula is C13H19N3O6. The molecule has 1 spiro atoms. The second kappa shape index (κ2) is 5.01. The van der Waals surface area contributed by atoms with Gasteiger partial charge < -0.3 is 24.7 Å². The zero-order valence-electron chi connectivity index (χ0n) is 12.3. The van der Waals surface area contributed by atoms with Gasteiger partial charge in [-0.3, -0.25) is 4.90 Å². The number of hydrogen-bond donors (Lipinski definition) is 2. The van der Waals surface area contributed by atoms with Gasteiger partial charge in [-0.2, -0.15) is 0 Å². The normalized spacial score (nSPS) is 25.3. The van der Waals surface area contributed by atoms with Crippen LogP contribution in [-0.4, -0.2) is 82.4 Å². The van der Waals surface area contributed by atoms with Gasteiger partial charge in [-0.1, -0.05) is 5.16 Å². The molecule has 0 unspecified atom stereocenters. The van der Waals surface area contributed by atoms with E-state index in [-0.39, 0.29) is 12.8 Å². The number of hydrogen-bond acceptors (Lipinski definition) is 7. The molecule has 1 amide bonds. The Hall–Kier alpha value is -2.03. The predicted octanol–water partition coefficient (Wildman–Crippen LogP) is -0.547. The molecule has 2 saturated heterocycles. The van der Waals surface area contributed by atoms with Crippen LogP contribution in [-0.2, 0) is 14.4 Å². The number of amides is 1. The van der Waals surface area contributed by atoms with Crippen LogP contribution in [0.1, 0.15) is 19.3 Å². The molecule has 0 radical (unpaired) electrons. The highest BCUT2D eigenvalue weighted by atomic mass is 16.7. The molecule has 0 atom stereocenters. The first-order chi connectivity index (χ1) is 10.4. The number of rotatable bonds is 1. The van der Waals surface area contributed by atoms with Crippen LogP contribution in [0.3, 0.4) is 0 Å². The maximum absolute atomic E-state index is 11.6. The maximum Gasteiger partial charge on any atom is 0.407 e. The Morgan fingerprint density at radius 2 is 1.95 bits per heavy atom. The molecule has 0 aromatic carbocycles. The van der Waals surface area contributed by atoms with Crippen molar-refractivity contribution in [2.24, 2.45) is 5.16 Å². The SMILES string of the molecule is COC(=O)C1(O)CCN(C2=NOC3(C2)CN(C(=O)O)C3)CC1. The van der Waals surface area contributed by atoms with E-state index >= 15 is 0 Å². The fourth-order valence-corrected chi connectivity index (χ4v) is 3.15. The highest BCUT2D eigenvalue weighted by Gasteiger charge is 2.53. The van der Waals surface area contributed by atoms with Crippen LogP contribution in [0.5, 0.6) is 0 Å². The van der Waals surface area contributed by atoms with E-state index < -0.39 is 23.3 Å². The minimum absolute atomic E-state index is 0.271. The largest absolute Gasteiger partial charge is 0.467 e. The Bertz CT molecular complexity index is 520. The van der Waals surface area contributed by atoms with Gasteiger partial charge in [-0.05, 0) is 0 Å². The van der Waals surface area contributed by atoms with Crippen LogP contribution in [0.25, 0.3) is 0 Å². The predicted molar refractivity (Wildman–Crippen MR) is 73.2 cm³/mol. The number of ether oxygens (including phenoxy) is 1. The number of carboxylic acid groups (broad SMARTS) is 1. The quantitative estimate of drug-likeness (QED) is 0.625. The molecule has 0 aromatic rings. The number of methoxy groups -OCH3 is 1. The van der Waals surface area contributed by atoms with Gasteiger partial charge in [0.25, 0.3) is 0 Å². The Morgan fingerprint density at radius 1 is 1.32 bits per heavy atom. The van der Waals surface area contributed by atoms with Crippen LogP contribution in [0.15, 0.2) is 5.16 Å². The lowest BCUT2D eigenvalue weighted by Crippen LogP contribution is -2.63. The van der Waals surface area contributed by atoms with Gasteiger partial charge in [0, 0.05) is 25.9 Å². The summed E-state index contributed by atoms with van der Waals surface area (Å²) in [7, 11) is 1.26. The number of carbonyl (C=O) groups is 2. The average molecular weight is 313 g/mol. The van der Waals surface area contributed by atoms with E-state index in [9.17, 15) is 14.7 Å². The van der Waals surface area contributed by atoms with E-state index in [0.29, 0.717) is 32.6 Å². The summed E-state index contributed by atoms with van der Waals surface area (Å²) in [4.78, 5) is 31.1. The van der Waals surface area contributed by atoms with Crippen molar-refractivity contribution in [3.63, 3.8) is 0 Å². The molecule has 122 valence electrons. The Labute approximate surface area is 127 Å². The van der Waals surface area contributed by atoms with Crippen molar-refractivity contribution in [2.75, 3.05) is 33.3 Å². The number of esters is 1. The number of carbonyl (C=O) groups excluding carboxylic acids is 1. The first-order valence-electron chi connectivity index (χ1n) is 7.16. The van der Waals surface area contributed by atoms with Crippen LogP contribution in [0, 0.1) is 0 Å². The van der Waals surface area contributed by atoms with Crippen LogP contribution >= 0.6 is 0 Å². The second-order valence-electron chi connectivity index (χ2n) is 6.11. The molecule has 3 aliphatic heterocycles. The number of piperidine rings is 1. The van der Waals surface area contributed by atoms with Crippen LogP contribution in [0.4, 0.5) is 4.79 Å². The van der Waals surface area contributed by atoms with E-state index in [1.54, 1.807) is 0 Å². The lowest BCUT2D eigenvalue weighted by atomic mass is 9.88. The van der Waals surface area contributed by atoms with Crippen molar-refractivity contribution < 1.29 is 29.4 Å². The summed E-state index contributed by atoms with van der Waals surface area (Å²) in [6, 6.07) is 0. The topological polar surface area (TPSA) is 112 Å². The number of likely N-dealkylation sites (tertiary alicyclic amines) is 2. The second-order valence-corrected chi connectivity index (χ2v) is 6.11. The standard InChI is InChI=1S/C13H19N3O6/c1-21-10(17)13(20)2-4-15(5-3-13)9-6-12(22-14-9)7-16(8-12)11(18)19/h20H,2-8H2,1H3,(H,18,19). The molecule has 0 saturated carbocycles. The third-order valence-corrected chi connectivity index (χ3v) is 4.57. The molecule has 9 nitrogen and oxygen atoms in total. The van der Waals surface area contributed by atoms with E-state index in [1.165, 1.54) is 12.0 Å². The molecule has 2 N–H and O–H groups in total. The fourth-order valence-electron chi connectivity index (χ4n) is 3.15. The third kappa shape index (κ3) is 2.35. The highest BCUT2D eigenvalue weighted by Crippen LogP contribution is 2.35. The summed E-state index contributed by atoms with van der Waals surface area (Å²) in [5.41, 5.74) is -1.97. The lowest BCUT2D eigenvalue weighted by Gasteiger charge is -2.43. The summed E-state index contributed by atoms with van der Waals surface area (Å²) in [5, 5.41) is 23.2. The summed E-state index contributed by atoms with van der Waals surface area (Å²) >= 11 is 0. The van der Waals surface area contributed by atoms with Gasteiger partial charge in [0.15, 0.2) is 11.2 Å². The number of aliphatic hydroxyl groups is 1. The van der Waals surface area contributed by atoms with Crippen molar-refractivity contribution in [3.05, 3.63) is 0 Å². The molecular weight excluding hydrogens is 294 g/mol. The summed E-state index contributed by atoms with van der Waals surface area (Å²) in [6.45, 7) is 1.59. The molecule has 3 heterocycles. The van der Waals surface area contributed by atoms with Gasteiger partial charge in [-0.15, -0.1) is 0 Å². The minimum Gasteiger partial charge on any atom is -0.467 e. The highest BCUT2D eigenvalue weighted by molar-refractivity contribution is 5.85. The molecule has 2 fully saturated rings. The molecule has 9 heteroatoms. The first kappa shape index (κ1) is 14.9. The third-order valence-electron chi connectivity index (χ3n) is 4.57. The van der Waals surface area contributed by atoms with E-state index in [0.717, 1.165) is 5.84 Å². The first-order valence-corrected chi connectivity index (χ1v) is 7.16. The zero-order valence-corrected chi connectivity index (χ0v) is 12.3. The average Bonchev–Trinajstić information content (AvgIpc) is 2.91. The van der Waals surface area contributed by atoms with Crippen molar-refractivity contribution >= 4 is 17.9 Å². The molecule has 3 aliphatic rings. The van der Waals surface area contributed by atoms with Crippen molar-refractivity contribution in [2.45, 2.75) is 30.5 Å². The lowest BCUT2D eigenvalue weighted by molar-refractivity contribution is -0.166. The van der Waals surface area contributed by atoms with Gasteiger partial charge >= 0.3 is 12.1 Å². The zero-order chi connectivity index (χ0) is 16.0. The van der Waals surface area contributed by atoms with Crippen molar-refractivity contribution in [3.8, 4) is 0 Å². The Morgan fingerprint density at radius 3 is 2.50 bits per heavy atom. The van der Waals surface area contributed by atoms with E-state index in [4.69, 9.17) is 9.94 Å². The Kier molecular flexibility index (Phi) is 3.39. The number of amidine groups is 1. The molecule has 0 aromatic heterocycles. The van der Waals surface area contributed by atoms with Crippen molar-refractivity contribution in [1.82, 2.24) is 9.80 Å². The fraction of sp³-hybridized carbons (Fsp3) is 0.769.